The molecule has 20 nitrogen and oxygen atoms in total. The fourth-order valence-corrected chi connectivity index (χ4v) is 7.63. The van der Waals surface area contributed by atoms with Crippen molar-refractivity contribution in [3.63, 3.8) is 0 Å². The van der Waals surface area contributed by atoms with Crippen LogP contribution in [0.1, 0.15) is 47.6 Å². The molecule has 0 fully saturated rings. The van der Waals surface area contributed by atoms with Gasteiger partial charge in [0.1, 0.15) is 37.3 Å². The van der Waals surface area contributed by atoms with Crippen LogP contribution in [0.5, 0.6) is 0 Å². The first kappa shape index (κ1) is 54.6. The maximum absolute atomic E-state index is 12.6. The number of amides is 5. The number of nitrogens with two attached hydrogens (primary N) is 2. The Bertz CT molecular complexity index is 1980. The van der Waals surface area contributed by atoms with Crippen molar-refractivity contribution in [1.29, 1.82) is 0 Å². The number of hydrogen-bond acceptors (Lipinski definition) is 13. The van der Waals surface area contributed by atoms with E-state index in [2.05, 4.69) is 26.6 Å². The topological polar surface area (TPSA) is 347 Å². The molecule has 0 bridgehead atoms. The zero-order valence-corrected chi connectivity index (χ0v) is 36.9. The van der Waals surface area contributed by atoms with E-state index in [-0.39, 0.29) is 54.8 Å². The van der Waals surface area contributed by atoms with Gasteiger partial charge in [0.05, 0.1) is 11.7 Å². The van der Waals surface area contributed by atoms with Crippen molar-refractivity contribution in [3.8, 4) is 0 Å². The maximum Gasteiger partial charge on any atom is 0.322 e. The van der Waals surface area contributed by atoms with Crippen LogP contribution in [-0.2, 0) is 49.6 Å². The normalized spacial score (nSPS) is 12.4. The molecule has 5 amide bonds. The number of carboxylic acids is 4. The largest absolute Gasteiger partial charge is 0.480 e. The van der Waals surface area contributed by atoms with Gasteiger partial charge in [-0.15, -0.1) is 11.8 Å². The number of thioether (sulfide) groups is 2. The van der Waals surface area contributed by atoms with E-state index in [1.807, 2.05) is 91.0 Å². The minimum atomic E-state index is -1.24. The summed E-state index contributed by atoms with van der Waals surface area (Å²) in [5.74, 6) is -6.71. The first-order valence-corrected chi connectivity index (χ1v) is 22.3. The maximum atomic E-state index is 12.6. The van der Waals surface area contributed by atoms with Crippen molar-refractivity contribution in [3.05, 3.63) is 108 Å². The summed E-state index contributed by atoms with van der Waals surface area (Å²) in [6.07, 6.45) is -0.321. The Morgan fingerprint density at radius 1 is 0.538 bits per heavy atom. The van der Waals surface area contributed by atoms with Crippen molar-refractivity contribution < 1.29 is 63.6 Å². The molecular weight excluding hydrogens is 887 g/mol. The molecule has 4 atom stereocenters. The summed E-state index contributed by atoms with van der Waals surface area (Å²) < 4.78 is 0. The molecule has 0 saturated carbocycles. The molecule has 0 radical (unpaired) electrons. The van der Waals surface area contributed by atoms with Crippen LogP contribution >= 0.6 is 23.5 Å². The molecule has 3 rings (SSSR count). The van der Waals surface area contributed by atoms with Crippen molar-refractivity contribution >= 4 is 76.9 Å². The Balaban J connectivity index is 0.000000447. The van der Waals surface area contributed by atoms with E-state index in [1.165, 1.54) is 23.5 Å². The lowest BCUT2D eigenvalue weighted by molar-refractivity contribution is -0.140. The van der Waals surface area contributed by atoms with Crippen LogP contribution in [0.4, 0.5) is 0 Å². The molecule has 65 heavy (non-hydrogen) atoms. The SMILES string of the molecule is NC(CCC(=O)NC(CSC(c1ccccc1)c1ccccc1)C(=O)NCC(=O)O)C(=O)O.NC(CCC(=O)NC(CSCCNC(=O)Cc1ccccc1)C(=O)NCC(=O)O)C(=O)O. The number of carbonyl (C=O) groups excluding carboxylic acids is 5. The highest BCUT2D eigenvalue weighted by molar-refractivity contribution is 7.99. The van der Waals surface area contributed by atoms with Gasteiger partial charge in [0, 0.05) is 36.6 Å². The van der Waals surface area contributed by atoms with E-state index in [0.29, 0.717) is 12.3 Å². The molecule has 4 unspecified atom stereocenters. The molecule has 0 spiro atoms. The Morgan fingerprint density at radius 2 is 0.954 bits per heavy atom. The third-order valence-electron chi connectivity index (χ3n) is 8.83. The lowest BCUT2D eigenvalue weighted by atomic mass is 10.0. The van der Waals surface area contributed by atoms with Gasteiger partial charge in [-0.1, -0.05) is 91.0 Å². The number of benzene rings is 3. The van der Waals surface area contributed by atoms with Gasteiger partial charge in [0.15, 0.2) is 0 Å². The lowest BCUT2D eigenvalue weighted by Gasteiger charge is -2.22. The van der Waals surface area contributed by atoms with Gasteiger partial charge in [-0.3, -0.25) is 43.2 Å². The highest BCUT2D eigenvalue weighted by atomic mass is 32.2. The molecule has 0 aliphatic heterocycles. The van der Waals surface area contributed by atoms with Crippen LogP contribution in [-0.4, -0.2) is 135 Å². The molecule has 0 heterocycles. The van der Waals surface area contributed by atoms with E-state index in [0.717, 1.165) is 16.7 Å². The second kappa shape index (κ2) is 30.6. The predicted molar refractivity (Wildman–Crippen MR) is 243 cm³/mol. The second-order valence-electron chi connectivity index (χ2n) is 14.1. The fourth-order valence-electron chi connectivity index (χ4n) is 5.43. The zero-order chi connectivity index (χ0) is 48.1. The lowest BCUT2D eigenvalue weighted by Crippen LogP contribution is -2.49. The molecule has 0 aliphatic rings. The highest BCUT2D eigenvalue weighted by Gasteiger charge is 2.26. The minimum Gasteiger partial charge on any atom is -0.480 e. The molecular formula is C43H55N7O13S2. The Kier molecular flexibility index (Phi) is 25.7. The molecule has 0 aliphatic carbocycles. The Morgan fingerprint density at radius 3 is 1.37 bits per heavy atom. The van der Waals surface area contributed by atoms with Crippen LogP contribution in [0.15, 0.2) is 91.0 Å². The summed E-state index contributed by atoms with van der Waals surface area (Å²) in [4.78, 5) is 104. The average molecular weight is 942 g/mol. The van der Waals surface area contributed by atoms with Gasteiger partial charge in [0.2, 0.25) is 29.5 Å². The molecule has 3 aromatic carbocycles. The standard InChI is InChI=1S/C23H27N3O6S.C20H28N4O7S/c24-17(23(31)32)11-12-19(27)26-18(22(30)25-13-20(28)29)14-33-21(15-7-3-1-4-8-15)16-9-5-2-6-10-16;21-14(20(30)31)6-7-16(25)24-15(19(29)23-11-18(27)28)12-32-9-8-22-17(26)10-13-4-2-1-3-5-13/h1-10,17-18,21H,11-14,24H2,(H,25,30)(H,26,27)(H,28,29)(H,31,32);1-5,14-15H,6-12,21H2,(H,22,26)(H,23,29)(H,24,25)(H,27,28)(H,30,31). The van der Waals surface area contributed by atoms with E-state index in [1.54, 1.807) is 0 Å². The summed E-state index contributed by atoms with van der Waals surface area (Å²) in [6.45, 7) is -0.836. The van der Waals surface area contributed by atoms with E-state index in [4.69, 9.17) is 31.9 Å². The van der Waals surface area contributed by atoms with Gasteiger partial charge in [0.25, 0.3) is 0 Å². The van der Waals surface area contributed by atoms with E-state index >= 15 is 0 Å². The van der Waals surface area contributed by atoms with Gasteiger partial charge in [-0.2, -0.15) is 11.8 Å². The second-order valence-corrected chi connectivity index (χ2v) is 16.3. The summed E-state index contributed by atoms with van der Waals surface area (Å²) in [6, 6.07) is 24.2. The van der Waals surface area contributed by atoms with Crippen LogP contribution in [0.2, 0.25) is 0 Å². The van der Waals surface area contributed by atoms with Gasteiger partial charge in [-0.05, 0) is 29.5 Å². The van der Waals surface area contributed by atoms with Crippen molar-refractivity contribution in [2.45, 2.75) is 61.5 Å². The summed E-state index contributed by atoms with van der Waals surface area (Å²) in [7, 11) is 0. The predicted octanol–water partition coefficient (Wildman–Crippen LogP) is 0.343. The fraction of sp³-hybridized carbons (Fsp3) is 0.372. The number of carboxylic acid groups (broad SMARTS) is 4. The van der Waals surface area contributed by atoms with Crippen LogP contribution < -0.4 is 38.1 Å². The van der Waals surface area contributed by atoms with Gasteiger partial charge < -0.3 is 58.5 Å². The first-order chi connectivity index (χ1) is 31.0. The molecule has 3 aromatic rings. The summed E-state index contributed by atoms with van der Waals surface area (Å²) in [5.41, 5.74) is 13.7. The van der Waals surface area contributed by atoms with Crippen LogP contribution in [0.25, 0.3) is 0 Å². The van der Waals surface area contributed by atoms with Crippen molar-refractivity contribution in [2.75, 3.05) is 36.9 Å². The molecule has 0 saturated heterocycles. The number of rotatable bonds is 28. The number of hydrogen-bond donors (Lipinski definition) is 11. The number of aliphatic carboxylic acids is 4. The van der Waals surface area contributed by atoms with Crippen molar-refractivity contribution in [1.82, 2.24) is 26.6 Å². The summed E-state index contributed by atoms with van der Waals surface area (Å²) >= 11 is 2.71. The highest BCUT2D eigenvalue weighted by Crippen LogP contribution is 2.35. The number of nitrogens with one attached hydrogen (secondary N) is 5. The Hall–Kier alpha value is -6.49. The minimum absolute atomic E-state index is 0.0889. The van der Waals surface area contributed by atoms with Gasteiger partial charge in [-0.25, -0.2) is 0 Å². The third kappa shape index (κ3) is 23.7. The van der Waals surface area contributed by atoms with Crippen LogP contribution in [0, 0.1) is 0 Å². The van der Waals surface area contributed by atoms with Gasteiger partial charge >= 0.3 is 23.9 Å². The smallest absolute Gasteiger partial charge is 0.322 e. The average Bonchev–Trinajstić information content (AvgIpc) is 3.28. The van der Waals surface area contributed by atoms with E-state index in [9.17, 15) is 43.2 Å². The number of carbonyl (C=O) groups is 9. The third-order valence-corrected chi connectivity index (χ3v) is 11.3. The molecule has 0 aromatic heterocycles. The zero-order valence-electron chi connectivity index (χ0n) is 35.3. The first-order valence-electron chi connectivity index (χ1n) is 20.1. The quantitative estimate of drug-likeness (QED) is 0.0437. The van der Waals surface area contributed by atoms with E-state index < -0.39 is 84.8 Å². The molecule has 22 heteroatoms. The Labute approximate surface area is 383 Å². The molecule has 352 valence electrons. The van der Waals surface area contributed by atoms with Crippen LogP contribution in [0.3, 0.4) is 0 Å². The molecule has 13 N–H and O–H groups in total. The van der Waals surface area contributed by atoms with Crippen molar-refractivity contribution in [2.24, 2.45) is 11.5 Å². The summed E-state index contributed by atoms with van der Waals surface area (Å²) in [5, 5.41) is 47.4. The monoisotopic (exact) mass is 941 g/mol.